The van der Waals surface area contributed by atoms with E-state index in [4.69, 9.17) is 10.4 Å². The zero-order valence-electron chi connectivity index (χ0n) is 7.73. The molecule has 0 saturated heterocycles. The van der Waals surface area contributed by atoms with Gasteiger partial charge in [0.1, 0.15) is 0 Å². The molecule has 0 heterocycles. The Labute approximate surface area is 77.8 Å². The monoisotopic (exact) mass is 182 g/mol. The molecule has 0 unspecified atom stereocenters. The third-order valence-electron chi connectivity index (χ3n) is 2.70. The fraction of sp³-hybridized carbons (Fsp3) is 0.778. The molecule has 4 heteroatoms. The number of carboxylic acids is 1. The lowest BCUT2D eigenvalue weighted by molar-refractivity contribution is -0.141. The summed E-state index contributed by atoms with van der Waals surface area (Å²) in [6, 6.07) is 2.35. The Balaban J connectivity index is 2.41. The predicted octanol–water partition coefficient (Wildman–Crippen LogP) is 0.695. The second-order valence-corrected chi connectivity index (χ2v) is 3.58. The van der Waals surface area contributed by atoms with Crippen LogP contribution in [0.25, 0.3) is 0 Å². The summed E-state index contributed by atoms with van der Waals surface area (Å²) < 4.78 is 0. The van der Waals surface area contributed by atoms with Gasteiger partial charge in [0, 0.05) is 6.04 Å². The Hall–Kier alpha value is -1.08. The zero-order valence-corrected chi connectivity index (χ0v) is 7.73. The summed E-state index contributed by atoms with van der Waals surface area (Å²) in [5.74, 6) is -0.904. The van der Waals surface area contributed by atoms with Gasteiger partial charge in [-0.2, -0.15) is 5.26 Å². The molecule has 72 valence electrons. The van der Waals surface area contributed by atoms with Gasteiger partial charge in [-0.3, -0.25) is 9.69 Å². The van der Waals surface area contributed by atoms with Crippen molar-refractivity contribution >= 4 is 5.97 Å². The second kappa shape index (κ2) is 4.24. The number of aliphatic carboxylic acids is 1. The highest BCUT2D eigenvalue weighted by Gasteiger charge is 2.31. The highest BCUT2D eigenvalue weighted by Crippen LogP contribution is 2.28. The smallest absolute Gasteiger partial charge is 0.306 e. The summed E-state index contributed by atoms with van der Waals surface area (Å²) in [5, 5.41) is 17.2. The molecule has 0 aromatic rings. The normalized spacial score (nSPS) is 27.5. The van der Waals surface area contributed by atoms with Gasteiger partial charge in [-0.05, 0) is 26.3 Å². The Morgan fingerprint density at radius 3 is 2.85 bits per heavy atom. The first-order valence-corrected chi connectivity index (χ1v) is 4.45. The van der Waals surface area contributed by atoms with Gasteiger partial charge in [0.2, 0.25) is 0 Å². The lowest BCUT2D eigenvalue weighted by atomic mass is 10.1. The first-order chi connectivity index (χ1) is 6.15. The van der Waals surface area contributed by atoms with E-state index in [9.17, 15) is 4.79 Å². The largest absolute Gasteiger partial charge is 0.481 e. The van der Waals surface area contributed by atoms with Gasteiger partial charge in [-0.15, -0.1) is 0 Å². The van der Waals surface area contributed by atoms with Crippen molar-refractivity contribution in [2.24, 2.45) is 5.92 Å². The Morgan fingerprint density at radius 2 is 2.38 bits per heavy atom. The van der Waals surface area contributed by atoms with Crippen molar-refractivity contribution in [1.29, 1.82) is 5.26 Å². The molecule has 1 aliphatic carbocycles. The summed E-state index contributed by atoms with van der Waals surface area (Å²) in [6.45, 7) is 0.386. The minimum atomic E-state index is -0.701. The van der Waals surface area contributed by atoms with Crippen molar-refractivity contribution < 1.29 is 9.90 Å². The topological polar surface area (TPSA) is 64.3 Å². The number of nitrogens with zero attached hydrogens (tertiary/aromatic N) is 2. The second-order valence-electron chi connectivity index (χ2n) is 3.58. The van der Waals surface area contributed by atoms with Crippen molar-refractivity contribution in [3.05, 3.63) is 0 Å². The van der Waals surface area contributed by atoms with E-state index in [-0.39, 0.29) is 12.0 Å². The van der Waals surface area contributed by atoms with E-state index in [1.54, 1.807) is 0 Å². The van der Waals surface area contributed by atoms with E-state index >= 15 is 0 Å². The molecular weight excluding hydrogens is 168 g/mol. The van der Waals surface area contributed by atoms with Gasteiger partial charge < -0.3 is 5.11 Å². The molecule has 0 aromatic carbocycles. The number of carboxylic acid groups (broad SMARTS) is 1. The maximum Gasteiger partial charge on any atom is 0.306 e. The molecule has 1 saturated carbocycles. The van der Waals surface area contributed by atoms with Crippen LogP contribution in [0.4, 0.5) is 0 Å². The molecule has 0 bridgehead atoms. The first-order valence-electron chi connectivity index (χ1n) is 4.45. The number of hydrogen-bond donors (Lipinski definition) is 1. The van der Waals surface area contributed by atoms with Crippen LogP contribution in [0, 0.1) is 17.2 Å². The average Bonchev–Trinajstić information content (AvgIpc) is 2.52. The summed E-state index contributed by atoms with van der Waals surface area (Å²) in [7, 11) is 1.87. The van der Waals surface area contributed by atoms with Gasteiger partial charge in [-0.1, -0.05) is 0 Å². The van der Waals surface area contributed by atoms with Crippen molar-refractivity contribution in [3.63, 3.8) is 0 Å². The lowest BCUT2D eigenvalue weighted by Crippen LogP contribution is -2.30. The molecule has 0 radical (unpaired) electrons. The van der Waals surface area contributed by atoms with Gasteiger partial charge in [0.05, 0.1) is 18.5 Å². The van der Waals surface area contributed by atoms with Gasteiger partial charge in [0.25, 0.3) is 0 Å². The van der Waals surface area contributed by atoms with Crippen LogP contribution in [0.1, 0.15) is 19.3 Å². The van der Waals surface area contributed by atoms with Crippen LogP contribution in [-0.2, 0) is 4.79 Å². The van der Waals surface area contributed by atoms with Crippen molar-refractivity contribution in [2.45, 2.75) is 25.3 Å². The fourth-order valence-electron chi connectivity index (χ4n) is 1.82. The number of carbonyl (C=O) groups is 1. The maximum atomic E-state index is 10.6. The standard InChI is InChI=1S/C9H14N2O2/c1-11(5-4-10)8-3-2-7(6-8)9(12)13/h7-8H,2-3,5-6H2,1H3,(H,12,13)/t7-,8+/m0/s1. The van der Waals surface area contributed by atoms with Crippen LogP contribution in [0.3, 0.4) is 0 Å². The Morgan fingerprint density at radius 1 is 1.69 bits per heavy atom. The summed E-state index contributed by atoms with van der Waals surface area (Å²) in [6.07, 6.45) is 2.33. The molecular formula is C9H14N2O2. The van der Waals surface area contributed by atoms with Crippen molar-refractivity contribution in [1.82, 2.24) is 4.90 Å². The molecule has 1 fully saturated rings. The summed E-state index contributed by atoms with van der Waals surface area (Å²) in [5.41, 5.74) is 0. The van der Waals surface area contributed by atoms with E-state index in [2.05, 4.69) is 6.07 Å². The first kappa shape index (κ1) is 10.0. The van der Waals surface area contributed by atoms with Gasteiger partial charge in [-0.25, -0.2) is 0 Å². The predicted molar refractivity (Wildman–Crippen MR) is 47.0 cm³/mol. The number of nitriles is 1. The highest BCUT2D eigenvalue weighted by atomic mass is 16.4. The molecule has 4 nitrogen and oxygen atoms in total. The highest BCUT2D eigenvalue weighted by molar-refractivity contribution is 5.70. The van der Waals surface area contributed by atoms with Crippen LogP contribution in [0.15, 0.2) is 0 Å². The van der Waals surface area contributed by atoms with Crippen molar-refractivity contribution in [3.8, 4) is 6.07 Å². The molecule has 0 amide bonds. The molecule has 2 atom stereocenters. The van der Waals surface area contributed by atoms with Crippen LogP contribution in [-0.4, -0.2) is 35.6 Å². The number of rotatable bonds is 3. The molecule has 1 N–H and O–H groups in total. The van der Waals surface area contributed by atoms with E-state index < -0.39 is 5.97 Å². The molecule has 0 aliphatic heterocycles. The fourth-order valence-corrected chi connectivity index (χ4v) is 1.82. The minimum Gasteiger partial charge on any atom is -0.481 e. The van der Waals surface area contributed by atoms with Gasteiger partial charge >= 0.3 is 5.97 Å². The Bertz CT molecular complexity index is 234. The summed E-state index contributed by atoms with van der Waals surface area (Å²) in [4.78, 5) is 12.6. The van der Waals surface area contributed by atoms with E-state index in [0.717, 1.165) is 12.8 Å². The molecule has 13 heavy (non-hydrogen) atoms. The molecule has 0 aromatic heterocycles. The van der Waals surface area contributed by atoms with Crippen molar-refractivity contribution in [2.75, 3.05) is 13.6 Å². The van der Waals surface area contributed by atoms with Crippen LogP contribution >= 0.6 is 0 Å². The maximum absolute atomic E-state index is 10.6. The molecule has 1 rings (SSSR count). The number of hydrogen-bond acceptors (Lipinski definition) is 3. The van der Waals surface area contributed by atoms with E-state index in [1.807, 2.05) is 11.9 Å². The average molecular weight is 182 g/mol. The Kier molecular flexibility index (Phi) is 3.26. The zero-order chi connectivity index (χ0) is 9.84. The van der Waals surface area contributed by atoms with E-state index in [0.29, 0.717) is 13.0 Å². The third kappa shape index (κ3) is 2.43. The minimum absolute atomic E-state index is 0.203. The van der Waals surface area contributed by atoms with Crippen LogP contribution < -0.4 is 0 Å². The SMILES string of the molecule is CN(CC#N)[C@@H]1CC[C@H](C(=O)O)C1. The lowest BCUT2D eigenvalue weighted by Gasteiger charge is -2.20. The molecule has 0 spiro atoms. The summed E-state index contributed by atoms with van der Waals surface area (Å²) >= 11 is 0. The quantitative estimate of drug-likeness (QED) is 0.652. The van der Waals surface area contributed by atoms with Gasteiger partial charge in [0.15, 0.2) is 0 Å². The van der Waals surface area contributed by atoms with E-state index in [1.165, 1.54) is 0 Å². The third-order valence-corrected chi connectivity index (χ3v) is 2.70. The van der Waals surface area contributed by atoms with Crippen LogP contribution in [0.5, 0.6) is 0 Å². The van der Waals surface area contributed by atoms with Crippen LogP contribution in [0.2, 0.25) is 0 Å². The molecule has 1 aliphatic rings.